The van der Waals surface area contributed by atoms with Gasteiger partial charge in [0.05, 0.1) is 6.54 Å². The fraction of sp³-hybridized carbons (Fsp3) is 0.300. The van der Waals surface area contributed by atoms with Gasteiger partial charge >= 0.3 is 5.97 Å². The van der Waals surface area contributed by atoms with Crippen molar-refractivity contribution in [3.05, 3.63) is 22.8 Å². The highest BCUT2D eigenvalue weighted by atomic mass is 79.9. The van der Waals surface area contributed by atoms with Crippen LogP contribution in [0.4, 0.5) is 5.82 Å². The largest absolute Gasteiger partial charge is 0.480 e. The lowest BCUT2D eigenvalue weighted by Gasteiger charge is -2.09. The van der Waals surface area contributed by atoms with E-state index in [0.717, 1.165) is 4.47 Å². The Bertz CT molecular complexity index is 408. The molecule has 0 aliphatic heterocycles. The third kappa shape index (κ3) is 4.92. The lowest BCUT2D eigenvalue weighted by molar-refractivity contribution is -0.139. The molecule has 0 saturated heterocycles. The van der Waals surface area contributed by atoms with Crippen molar-refractivity contribution in [1.82, 2.24) is 10.3 Å². The van der Waals surface area contributed by atoms with E-state index in [9.17, 15) is 9.59 Å². The first-order chi connectivity index (χ1) is 7.99. The maximum absolute atomic E-state index is 11.4. The lowest BCUT2D eigenvalue weighted by atomic mass is 10.3. The molecule has 7 heteroatoms. The summed E-state index contributed by atoms with van der Waals surface area (Å²) in [5, 5.41) is 13.7. The Morgan fingerprint density at radius 1 is 1.53 bits per heavy atom. The molecule has 0 aliphatic carbocycles. The SMILES string of the molecule is C[C@@H](NCC(=O)Nc1ccc(Br)cn1)C(=O)O. The molecule has 0 aromatic carbocycles. The second-order valence-electron chi connectivity index (χ2n) is 3.35. The summed E-state index contributed by atoms with van der Waals surface area (Å²) in [7, 11) is 0. The quantitative estimate of drug-likeness (QED) is 0.750. The first-order valence-electron chi connectivity index (χ1n) is 4.86. The number of amides is 1. The van der Waals surface area contributed by atoms with E-state index >= 15 is 0 Å². The molecule has 3 N–H and O–H groups in total. The number of aliphatic carboxylic acids is 1. The fourth-order valence-corrected chi connectivity index (χ4v) is 1.20. The highest BCUT2D eigenvalue weighted by Gasteiger charge is 2.11. The molecule has 0 unspecified atom stereocenters. The normalized spacial score (nSPS) is 11.9. The summed E-state index contributed by atoms with van der Waals surface area (Å²) in [5.41, 5.74) is 0. The summed E-state index contributed by atoms with van der Waals surface area (Å²) >= 11 is 3.22. The molecule has 1 aromatic rings. The summed E-state index contributed by atoms with van der Waals surface area (Å²) in [6, 6.07) is 2.62. The molecule has 6 nitrogen and oxygen atoms in total. The molecule has 92 valence electrons. The van der Waals surface area contributed by atoms with E-state index in [1.54, 1.807) is 18.3 Å². The van der Waals surface area contributed by atoms with Gasteiger partial charge in [0.25, 0.3) is 0 Å². The number of carboxylic acids is 1. The summed E-state index contributed by atoms with van der Waals surface area (Å²) in [4.78, 5) is 25.9. The second kappa shape index (κ2) is 6.31. The number of hydrogen-bond acceptors (Lipinski definition) is 4. The van der Waals surface area contributed by atoms with Crippen LogP contribution < -0.4 is 10.6 Å². The Hall–Kier alpha value is -1.47. The van der Waals surface area contributed by atoms with Gasteiger partial charge in [-0.3, -0.25) is 14.9 Å². The van der Waals surface area contributed by atoms with Crippen molar-refractivity contribution in [2.24, 2.45) is 0 Å². The maximum atomic E-state index is 11.4. The third-order valence-electron chi connectivity index (χ3n) is 1.93. The fourth-order valence-electron chi connectivity index (χ4n) is 0.970. The highest BCUT2D eigenvalue weighted by Crippen LogP contribution is 2.09. The zero-order chi connectivity index (χ0) is 12.8. The van der Waals surface area contributed by atoms with Crippen LogP contribution in [0, 0.1) is 0 Å². The van der Waals surface area contributed by atoms with E-state index in [1.807, 2.05) is 0 Å². The van der Waals surface area contributed by atoms with E-state index < -0.39 is 12.0 Å². The molecule has 0 fully saturated rings. The van der Waals surface area contributed by atoms with Crippen LogP contribution in [0.3, 0.4) is 0 Å². The minimum atomic E-state index is -1.00. The van der Waals surface area contributed by atoms with Crippen LogP contribution in [0.25, 0.3) is 0 Å². The van der Waals surface area contributed by atoms with Crippen molar-refractivity contribution < 1.29 is 14.7 Å². The molecule has 1 aromatic heterocycles. The van der Waals surface area contributed by atoms with Gasteiger partial charge in [0, 0.05) is 10.7 Å². The number of rotatable bonds is 5. The van der Waals surface area contributed by atoms with Crippen molar-refractivity contribution >= 4 is 33.6 Å². The van der Waals surface area contributed by atoms with Crippen LogP contribution in [0.2, 0.25) is 0 Å². The van der Waals surface area contributed by atoms with Gasteiger partial charge in [0.2, 0.25) is 5.91 Å². The van der Waals surface area contributed by atoms with Gasteiger partial charge in [-0.15, -0.1) is 0 Å². The van der Waals surface area contributed by atoms with Gasteiger partial charge in [-0.25, -0.2) is 4.98 Å². The van der Waals surface area contributed by atoms with E-state index in [4.69, 9.17) is 5.11 Å². The molecule has 1 amide bonds. The zero-order valence-corrected chi connectivity index (χ0v) is 10.7. The van der Waals surface area contributed by atoms with Crippen molar-refractivity contribution in [3.8, 4) is 0 Å². The molecule has 0 bridgehead atoms. The minimum Gasteiger partial charge on any atom is -0.480 e. The molecule has 0 radical (unpaired) electrons. The standard InChI is InChI=1S/C10H12BrN3O3/c1-6(10(16)17)12-5-9(15)14-8-3-2-7(11)4-13-8/h2-4,6,12H,5H2,1H3,(H,16,17)(H,13,14,15)/t6-/m1/s1. The number of aromatic nitrogens is 1. The topological polar surface area (TPSA) is 91.3 Å². The maximum Gasteiger partial charge on any atom is 0.320 e. The number of nitrogens with one attached hydrogen (secondary N) is 2. The van der Waals surface area contributed by atoms with E-state index in [1.165, 1.54) is 6.92 Å². The van der Waals surface area contributed by atoms with Crippen LogP contribution in [0.15, 0.2) is 22.8 Å². The van der Waals surface area contributed by atoms with Gasteiger partial charge in [-0.1, -0.05) is 0 Å². The molecule has 0 saturated carbocycles. The van der Waals surface area contributed by atoms with Gasteiger partial charge in [0.15, 0.2) is 0 Å². The number of carboxylic acid groups (broad SMARTS) is 1. The lowest BCUT2D eigenvalue weighted by Crippen LogP contribution is -2.39. The molecule has 0 aliphatic rings. The van der Waals surface area contributed by atoms with Crippen molar-refractivity contribution in [3.63, 3.8) is 0 Å². The van der Waals surface area contributed by atoms with Crippen LogP contribution in [-0.2, 0) is 9.59 Å². The van der Waals surface area contributed by atoms with Crippen molar-refractivity contribution in [2.75, 3.05) is 11.9 Å². The predicted octanol–water partition coefficient (Wildman–Crippen LogP) is 0.845. The number of hydrogen-bond donors (Lipinski definition) is 3. The van der Waals surface area contributed by atoms with Crippen LogP contribution in [0.5, 0.6) is 0 Å². The van der Waals surface area contributed by atoms with E-state index in [0.29, 0.717) is 5.82 Å². The third-order valence-corrected chi connectivity index (χ3v) is 2.40. The van der Waals surface area contributed by atoms with E-state index in [2.05, 4.69) is 31.5 Å². The summed E-state index contributed by atoms with van der Waals surface area (Å²) in [6.07, 6.45) is 1.56. The molecular formula is C10H12BrN3O3. The van der Waals surface area contributed by atoms with Crippen LogP contribution >= 0.6 is 15.9 Å². The summed E-state index contributed by atoms with van der Waals surface area (Å²) in [5.74, 6) is -0.921. The molecule has 1 rings (SSSR count). The Morgan fingerprint density at radius 2 is 2.24 bits per heavy atom. The Balaban J connectivity index is 2.39. The second-order valence-corrected chi connectivity index (χ2v) is 4.27. The van der Waals surface area contributed by atoms with Gasteiger partial charge < -0.3 is 10.4 Å². The Labute approximate surface area is 107 Å². The molecule has 0 spiro atoms. The summed E-state index contributed by atoms with van der Waals surface area (Å²) in [6.45, 7) is 1.39. The summed E-state index contributed by atoms with van der Waals surface area (Å²) < 4.78 is 0.813. The molecule has 1 atom stereocenters. The highest BCUT2D eigenvalue weighted by molar-refractivity contribution is 9.10. The number of halogens is 1. The van der Waals surface area contributed by atoms with Crippen LogP contribution in [0.1, 0.15) is 6.92 Å². The van der Waals surface area contributed by atoms with Crippen molar-refractivity contribution in [1.29, 1.82) is 0 Å². The first-order valence-corrected chi connectivity index (χ1v) is 5.66. The number of nitrogens with zero attached hydrogens (tertiary/aromatic N) is 1. The average Bonchev–Trinajstić information content (AvgIpc) is 2.29. The monoisotopic (exact) mass is 301 g/mol. The number of carbonyl (C=O) groups excluding carboxylic acids is 1. The molecular weight excluding hydrogens is 290 g/mol. The minimum absolute atomic E-state index is 0.0782. The van der Waals surface area contributed by atoms with Gasteiger partial charge in [-0.2, -0.15) is 0 Å². The van der Waals surface area contributed by atoms with Gasteiger partial charge in [-0.05, 0) is 35.0 Å². The van der Waals surface area contributed by atoms with Crippen molar-refractivity contribution in [2.45, 2.75) is 13.0 Å². The molecule has 17 heavy (non-hydrogen) atoms. The molecule has 1 heterocycles. The predicted molar refractivity (Wildman–Crippen MR) is 65.7 cm³/mol. The Morgan fingerprint density at radius 3 is 2.76 bits per heavy atom. The van der Waals surface area contributed by atoms with Gasteiger partial charge in [0.1, 0.15) is 11.9 Å². The zero-order valence-electron chi connectivity index (χ0n) is 9.11. The van der Waals surface area contributed by atoms with Crippen LogP contribution in [-0.4, -0.2) is 34.6 Å². The number of anilines is 1. The smallest absolute Gasteiger partial charge is 0.320 e. The van der Waals surface area contributed by atoms with E-state index in [-0.39, 0.29) is 12.5 Å². The first kappa shape index (κ1) is 13.6. The number of pyridine rings is 1. The average molecular weight is 302 g/mol. The Kier molecular flexibility index (Phi) is 5.05. The number of carbonyl (C=O) groups is 2.